The summed E-state index contributed by atoms with van der Waals surface area (Å²) in [6.45, 7) is 2.83. The number of ether oxygens (including phenoxy) is 1. The van der Waals surface area contributed by atoms with E-state index in [2.05, 4.69) is 28.1 Å². The van der Waals surface area contributed by atoms with Crippen molar-refractivity contribution < 1.29 is 4.74 Å². The standard InChI is InChI=1S/C14H20BrNO/c1-10(16)14(17-8-7-11-5-6-11)12-3-2-4-13(15)9-12/h2-4,9-11,14H,5-8,16H2,1H3. The third-order valence-corrected chi connectivity index (χ3v) is 3.67. The second kappa shape index (κ2) is 5.98. The zero-order valence-corrected chi connectivity index (χ0v) is 11.8. The van der Waals surface area contributed by atoms with Crippen LogP contribution in [0.3, 0.4) is 0 Å². The first-order chi connectivity index (χ1) is 8.16. The summed E-state index contributed by atoms with van der Waals surface area (Å²) in [4.78, 5) is 0. The Morgan fingerprint density at radius 1 is 1.47 bits per heavy atom. The van der Waals surface area contributed by atoms with Crippen LogP contribution in [-0.2, 0) is 4.74 Å². The maximum Gasteiger partial charge on any atom is 0.0973 e. The van der Waals surface area contributed by atoms with E-state index in [1.165, 1.54) is 19.3 Å². The molecule has 2 N–H and O–H groups in total. The van der Waals surface area contributed by atoms with Gasteiger partial charge in [-0.2, -0.15) is 0 Å². The van der Waals surface area contributed by atoms with Crippen molar-refractivity contribution >= 4 is 15.9 Å². The second-order valence-electron chi connectivity index (χ2n) is 4.94. The predicted molar refractivity (Wildman–Crippen MR) is 73.8 cm³/mol. The number of benzene rings is 1. The van der Waals surface area contributed by atoms with E-state index >= 15 is 0 Å². The molecule has 2 nitrogen and oxygen atoms in total. The summed E-state index contributed by atoms with van der Waals surface area (Å²) < 4.78 is 7.02. The fraction of sp³-hybridized carbons (Fsp3) is 0.571. The van der Waals surface area contributed by atoms with Gasteiger partial charge in [-0.1, -0.05) is 40.9 Å². The molecule has 1 saturated carbocycles. The molecular formula is C14H20BrNO. The molecule has 1 fully saturated rings. The minimum absolute atomic E-state index is 0.00579. The van der Waals surface area contributed by atoms with E-state index in [1.54, 1.807) is 0 Å². The van der Waals surface area contributed by atoms with Crippen molar-refractivity contribution in [2.45, 2.75) is 38.3 Å². The first-order valence-corrected chi connectivity index (χ1v) is 7.09. The van der Waals surface area contributed by atoms with E-state index in [4.69, 9.17) is 10.5 Å². The Morgan fingerprint density at radius 3 is 2.82 bits per heavy atom. The highest BCUT2D eigenvalue weighted by atomic mass is 79.9. The molecule has 0 aliphatic heterocycles. The van der Waals surface area contributed by atoms with Gasteiger partial charge in [-0.3, -0.25) is 0 Å². The molecule has 2 unspecified atom stereocenters. The van der Waals surface area contributed by atoms with E-state index < -0.39 is 0 Å². The van der Waals surface area contributed by atoms with Crippen LogP contribution >= 0.6 is 15.9 Å². The van der Waals surface area contributed by atoms with Gasteiger partial charge in [0.15, 0.2) is 0 Å². The predicted octanol–water partition coefficient (Wildman–Crippen LogP) is 3.65. The van der Waals surface area contributed by atoms with Crippen molar-refractivity contribution in [1.29, 1.82) is 0 Å². The van der Waals surface area contributed by atoms with Crippen LogP contribution in [-0.4, -0.2) is 12.6 Å². The molecule has 1 aliphatic rings. The summed E-state index contributed by atoms with van der Waals surface area (Å²) in [5.74, 6) is 0.909. The highest BCUT2D eigenvalue weighted by Crippen LogP contribution is 2.33. The average Bonchev–Trinajstić information content (AvgIpc) is 3.07. The summed E-state index contributed by atoms with van der Waals surface area (Å²) >= 11 is 3.48. The molecular weight excluding hydrogens is 278 g/mol. The van der Waals surface area contributed by atoms with Crippen LogP contribution in [0.2, 0.25) is 0 Å². The van der Waals surface area contributed by atoms with E-state index in [-0.39, 0.29) is 12.1 Å². The van der Waals surface area contributed by atoms with Gasteiger partial charge in [-0.15, -0.1) is 0 Å². The third-order valence-electron chi connectivity index (χ3n) is 3.18. The van der Waals surface area contributed by atoms with Crippen LogP contribution in [0.15, 0.2) is 28.7 Å². The molecule has 0 heterocycles. The molecule has 94 valence electrons. The Kier molecular flexibility index (Phi) is 4.60. The first kappa shape index (κ1) is 13.1. The molecule has 0 aromatic heterocycles. The minimum atomic E-state index is 0.00579. The number of hydrogen-bond donors (Lipinski definition) is 1. The number of rotatable bonds is 6. The van der Waals surface area contributed by atoms with Gasteiger partial charge in [0, 0.05) is 17.1 Å². The smallest absolute Gasteiger partial charge is 0.0973 e. The zero-order valence-electron chi connectivity index (χ0n) is 10.2. The Hall–Kier alpha value is -0.380. The summed E-state index contributed by atoms with van der Waals surface area (Å²) in [7, 11) is 0. The Labute approximate surface area is 112 Å². The third kappa shape index (κ3) is 4.09. The first-order valence-electron chi connectivity index (χ1n) is 6.29. The molecule has 1 aliphatic carbocycles. The van der Waals surface area contributed by atoms with Crippen molar-refractivity contribution in [3.8, 4) is 0 Å². The fourth-order valence-corrected chi connectivity index (χ4v) is 2.42. The van der Waals surface area contributed by atoms with Gasteiger partial charge in [0.2, 0.25) is 0 Å². The van der Waals surface area contributed by atoms with Crippen molar-refractivity contribution in [3.05, 3.63) is 34.3 Å². The SMILES string of the molecule is CC(N)C(OCCC1CC1)c1cccc(Br)c1. The van der Waals surface area contributed by atoms with Crippen molar-refractivity contribution in [3.63, 3.8) is 0 Å². The van der Waals surface area contributed by atoms with E-state index in [0.717, 1.165) is 22.6 Å². The van der Waals surface area contributed by atoms with Crippen molar-refractivity contribution in [1.82, 2.24) is 0 Å². The topological polar surface area (TPSA) is 35.2 Å². The molecule has 0 bridgehead atoms. The molecule has 2 atom stereocenters. The maximum absolute atomic E-state index is 6.01. The van der Waals surface area contributed by atoms with Crippen LogP contribution in [0.25, 0.3) is 0 Å². The Morgan fingerprint density at radius 2 is 2.24 bits per heavy atom. The number of hydrogen-bond acceptors (Lipinski definition) is 2. The van der Waals surface area contributed by atoms with Gasteiger partial charge in [-0.25, -0.2) is 0 Å². The quantitative estimate of drug-likeness (QED) is 0.870. The Balaban J connectivity index is 1.95. The maximum atomic E-state index is 6.01. The summed E-state index contributed by atoms with van der Waals surface area (Å²) in [6, 6.07) is 8.23. The van der Waals surface area contributed by atoms with Gasteiger partial charge in [0.05, 0.1) is 6.10 Å². The van der Waals surface area contributed by atoms with Gasteiger partial charge in [0.1, 0.15) is 0 Å². The molecule has 0 saturated heterocycles. The molecule has 1 aromatic carbocycles. The van der Waals surface area contributed by atoms with Gasteiger partial charge < -0.3 is 10.5 Å². The normalized spacial score (nSPS) is 19.0. The highest BCUT2D eigenvalue weighted by molar-refractivity contribution is 9.10. The highest BCUT2D eigenvalue weighted by Gasteiger charge is 2.22. The zero-order chi connectivity index (χ0) is 12.3. The van der Waals surface area contributed by atoms with Crippen LogP contribution in [0, 0.1) is 5.92 Å². The monoisotopic (exact) mass is 297 g/mol. The van der Waals surface area contributed by atoms with Crippen LogP contribution in [0.5, 0.6) is 0 Å². The molecule has 17 heavy (non-hydrogen) atoms. The Bertz CT molecular complexity index is 363. The number of halogens is 1. The van der Waals surface area contributed by atoms with E-state index in [1.807, 2.05) is 19.1 Å². The molecule has 1 aromatic rings. The van der Waals surface area contributed by atoms with Crippen molar-refractivity contribution in [2.75, 3.05) is 6.61 Å². The average molecular weight is 298 g/mol. The largest absolute Gasteiger partial charge is 0.372 e. The lowest BCUT2D eigenvalue weighted by atomic mass is 10.0. The van der Waals surface area contributed by atoms with Gasteiger partial charge in [-0.05, 0) is 37.0 Å². The van der Waals surface area contributed by atoms with Gasteiger partial charge in [0.25, 0.3) is 0 Å². The minimum Gasteiger partial charge on any atom is -0.372 e. The van der Waals surface area contributed by atoms with Crippen molar-refractivity contribution in [2.24, 2.45) is 11.7 Å². The van der Waals surface area contributed by atoms with E-state index in [9.17, 15) is 0 Å². The lowest BCUT2D eigenvalue weighted by Gasteiger charge is -2.22. The fourth-order valence-electron chi connectivity index (χ4n) is 2.00. The molecule has 0 radical (unpaired) electrons. The lowest BCUT2D eigenvalue weighted by Crippen LogP contribution is -2.27. The summed E-state index contributed by atoms with van der Waals surface area (Å²) in [5.41, 5.74) is 7.17. The molecule has 3 heteroatoms. The molecule has 2 rings (SSSR count). The lowest BCUT2D eigenvalue weighted by molar-refractivity contribution is 0.0346. The summed E-state index contributed by atoms with van der Waals surface area (Å²) in [5, 5.41) is 0. The van der Waals surface area contributed by atoms with Gasteiger partial charge >= 0.3 is 0 Å². The van der Waals surface area contributed by atoms with Crippen LogP contribution in [0.4, 0.5) is 0 Å². The molecule has 0 amide bonds. The summed E-state index contributed by atoms with van der Waals surface area (Å²) in [6.07, 6.45) is 3.94. The second-order valence-corrected chi connectivity index (χ2v) is 5.85. The van der Waals surface area contributed by atoms with Crippen LogP contribution < -0.4 is 5.73 Å². The van der Waals surface area contributed by atoms with Crippen LogP contribution in [0.1, 0.15) is 37.9 Å². The molecule has 0 spiro atoms. The number of nitrogens with two attached hydrogens (primary N) is 1. The van der Waals surface area contributed by atoms with E-state index in [0.29, 0.717) is 0 Å².